The number of halogens is 1. The van der Waals surface area contributed by atoms with E-state index >= 15 is 0 Å². The summed E-state index contributed by atoms with van der Waals surface area (Å²) in [6.45, 7) is 1.32. The van der Waals surface area contributed by atoms with Gasteiger partial charge in [-0.1, -0.05) is 11.6 Å². The Kier molecular flexibility index (Phi) is 3.93. The maximum absolute atomic E-state index is 6.10. The zero-order chi connectivity index (χ0) is 12.3. The topological polar surface area (TPSA) is 62.9 Å². The first-order valence-electron chi connectivity index (χ1n) is 5.24. The van der Waals surface area contributed by atoms with E-state index in [1.54, 1.807) is 6.07 Å². The molecule has 1 aromatic carbocycles. The van der Waals surface area contributed by atoms with Gasteiger partial charge in [-0.15, -0.1) is 0 Å². The normalized spacial score (nSPS) is 14.3. The summed E-state index contributed by atoms with van der Waals surface area (Å²) < 4.78 is 16.4. The molecule has 2 rings (SSSR count). The molecule has 17 heavy (non-hydrogen) atoms. The van der Waals surface area contributed by atoms with Crippen LogP contribution in [0.2, 0.25) is 5.02 Å². The van der Waals surface area contributed by atoms with E-state index in [-0.39, 0.29) is 6.61 Å². The number of fused-ring (bicyclic) bond motifs is 1. The molecular weight excluding hydrogens is 246 g/mol. The van der Waals surface area contributed by atoms with Crippen molar-refractivity contribution in [3.8, 4) is 17.2 Å². The number of hydrogen-bond donors (Lipinski definition) is 1. The van der Waals surface area contributed by atoms with Crippen LogP contribution in [0.3, 0.4) is 0 Å². The van der Waals surface area contributed by atoms with Gasteiger partial charge in [-0.2, -0.15) is 0 Å². The van der Waals surface area contributed by atoms with Crippen molar-refractivity contribution >= 4 is 11.6 Å². The fourth-order valence-corrected chi connectivity index (χ4v) is 2.05. The average molecular weight is 260 g/mol. The molecule has 0 fully saturated rings. The SMILES string of the molecule is COc1c(Cl)cc2c(c1CON)OCCCO2. The highest BCUT2D eigenvalue weighted by molar-refractivity contribution is 6.32. The van der Waals surface area contributed by atoms with Gasteiger partial charge in [0.2, 0.25) is 0 Å². The van der Waals surface area contributed by atoms with Crippen molar-refractivity contribution in [3.63, 3.8) is 0 Å². The Balaban J connectivity index is 2.53. The molecule has 0 aliphatic carbocycles. The van der Waals surface area contributed by atoms with Gasteiger partial charge < -0.3 is 14.2 Å². The Morgan fingerprint density at radius 3 is 2.88 bits per heavy atom. The third kappa shape index (κ3) is 2.41. The van der Waals surface area contributed by atoms with Gasteiger partial charge in [0.1, 0.15) is 12.4 Å². The van der Waals surface area contributed by atoms with Gasteiger partial charge in [0, 0.05) is 12.5 Å². The predicted octanol–water partition coefficient (Wildman–Crippen LogP) is 1.90. The smallest absolute Gasteiger partial charge is 0.170 e. The first kappa shape index (κ1) is 12.3. The van der Waals surface area contributed by atoms with Crippen molar-refractivity contribution in [2.75, 3.05) is 20.3 Å². The molecule has 0 saturated carbocycles. The summed E-state index contributed by atoms with van der Waals surface area (Å²) in [5.41, 5.74) is 0.666. The maximum atomic E-state index is 6.10. The van der Waals surface area contributed by atoms with Crippen LogP contribution in [-0.2, 0) is 11.4 Å². The van der Waals surface area contributed by atoms with Crippen molar-refractivity contribution in [1.82, 2.24) is 0 Å². The van der Waals surface area contributed by atoms with Crippen LogP contribution in [0.5, 0.6) is 17.2 Å². The van der Waals surface area contributed by atoms with E-state index in [2.05, 4.69) is 4.84 Å². The number of hydrogen-bond acceptors (Lipinski definition) is 5. The van der Waals surface area contributed by atoms with E-state index in [1.165, 1.54) is 7.11 Å². The minimum atomic E-state index is 0.148. The van der Waals surface area contributed by atoms with Gasteiger partial charge in [0.05, 0.1) is 30.9 Å². The summed E-state index contributed by atoms with van der Waals surface area (Å²) in [7, 11) is 1.53. The van der Waals surface area contributed by atoms with E-state index in [0.717, 1.165) is 6.42 Å². The maximum Gasteiger partial charge on any atom is 0.170 e. The number of methoxy groups -OCH3 is 1. The molecule has 1 aliphatic rings. The molecular formula is C11H14ClNO4. The van der Waals surface area contributed by atoms with E-state index in [0.29, 0.717) is 41.0 Å². The lowest BCUT2D eigenvalue weighted by Crippen LogP contribution is -2.05. The average Bonchev–Trinajstić information content (AvgIpc) is 2.54. The highest BCUT2D eigenvalue weighted by Crippen LogP contribution is 2.44. The van der Waals surface area contributed by atoms with E-state index in [9.17, 15) is 0 Å². The Morgan fingerprint density at radius 1 is 1.41 bits per heavy atom. The lowest BCUT2D eigenvalue weighted by molar-refractivity contribution is 0.119. The van der Waals surface area contributed by atoms with Crippen LogP contribution in [0.1, 0.15) is 12.0 Å². The van der Waals surface area contributed by atoms with Gasteiger partial charge in [-0.25, -0.2) is 5.90 Å². The third-order valence-electron chi connectivity index (χ3n) is 2.47. The van der Waals surface area contributed by atoms with Crippen LogP contribution in [-0.4, -0.2) is 20.3 Å². The van der Waals surface area contributed by atoms with E-state index < -0.39 is 0 Å². The van der Waals surface area contributed by atoms with Crippen LogP contribution < -0.4 is 20.1 Å². The van der Waals surface area contributed by atoms with Crippen LogP contribution in [0.15, 0.2) is 6.07 Å². The van der Waals surface area contributed by atoms with Gasteiger partial charge in [-0.05, 0) is 0 Å². The number of rotatable bonds is 3. The minimum absolute atomic E-state index is 0.148. The standard InChI is InChI=1S/C11H14ClNO4/c1-14-10-7(6-17-13)11-9(5-8(10)12)15-3-2-4-16-11/h5H,2-4,6,13H2,1H3. The molecule has 0 unspecified atom stereocenters. The lowest BCUT2D eigenvalue weighted by Gasteiger charge is -2.16. The van der Waals surface area contributed by atoms with E-state index in [1.807, 2.05) is 0 Å². The molecule has 1 aromatic rings. The Hall–Kier alpha value is -1.17. The second-order valence-corrected chi connectivity index (χ2v) is 3.97. The van der Waals surface area contributed by atoms with Crippen LogP contribution in [0, 0.1) is 0 Å². The third-order valence-corrected chi connectivity index (χ3v) is 2.75. The van der Waals surface area contributed by atoms with Gasteiger partial charge in [0.15, 0.2) is 11.5 Å². The fourth-order valence-electron chi connectivity index (χ4n) is 1.76. The molecule has 0 bridgehead atoms. The monoisotopic (exact) mass is 259 g/mol. The molecule has 94 valence electrons. The lowest BCUT2D eigenvalue weighted by atomic mass is 10.1. The first-order chi connectivity index (χ1) is 8.27. The van der Waals surface area contributed by atoms with Crippen LogP contribution in [0.25, 0.3) is 0 Å². The molecule has 0 saturated heterocycles. The van der Waals surface area contributed by atoms with Crippen LogP contribution >= 0.6 is 11.6 Å². The fraction of sp³-hybridized carbons (Fsp3) is 0.455. The zero-order valence-corrected chi connectivity index (χ0v) is 10.3. The molecule has 0 radical (unpaired) electrons. The molecule has 0 atom stereocenters. The van der Waals surface area contributed by atoms with Crippen LogP contribution in [0.4, 0.5) is 0 Å². The molecule has 0 amide bonds. The zero-order valence-electron chi connectivity index (χ0n) is 9.49. The molecule has 2 N–H and O–H groups in total. The van der Waals surface area contributed by atoms with Crippen molar-refractivity contribution < 1.29 is 19.0 Å². The summed E-state index contributed by atoms with van der Waals surface area (Å²) in [5, 5.41) is 0.448. The molecule has 1 aliphatic heterocycles. The van der Waals surface area contributed by atoms with Crippen molar-refractivity contribution in [3.05, 3.63) is 16.7 Å². The second kappa shape index (κ2) is 5.44. The summed E-state index contributed by atoms with van der Waals surface area (Å²) >= 11 is 6.10. The van der Waals surface area contributed by atoms with Crippen molar-refractivity contribution in [1.29, 1.82) is 0 Å². The molecule has 0 spiro atoms. The van der Waals surface area contributed by atoms with Gasteiger partial charge in [0.25, 0.3) is 0 Å². The molecule has 0 aromatic heterocycles. The van der Waals surface area contributed by atoms with Crippen molar-refractivity contribution in [2.45, 2.75) is 13.0 Å². The quantitative estimate of drug-likeness (QED) is 0.840. The number of ether oxygens (including phenoxy) is 3. The molecule has 6 heteroatoms. The number of nitrogens with two attached hydrogens (primary N) is 1. The van der Waals surface area contributed by atoms with Gasteiger partial charge in [-0.3, -0.25) is 4.84 Å². The predicted molar refractivity (Wildman–Crippen MR) is 62.6 cm³/mol. The van der Waals surface area contributed by atoms with Gasteiger partial charge >= 0.3 is 0 Å². The second-order valence-electron chi connectivity index (χ2n) is 3.56. The Morgan fingerprint density at radius 2 is 2.18 bits per heavy atom. The molecule has 1 heterocycles. The first-order valence-corrected chi connectivity index (χ1v) is 5.62. The Labute approximate surface area is 104 Å². The van der Waals surface area contributed by atoms with Crippen molar-refractivity contribution in [2.24, 2.45) is 5.90 Å². The minimum Gasteiger partial charge on any atom is -0.495 e. The highest BCUT2D eigenvalue weighted by atomic mass is 35.5. The largest absolute Gasteiger partial charge is 0.495 e. The summed E-state index contributed by atoms with van der Waals surface area (Å²) in [5.74, 6) is 6.80. The van der Waals surface area contributed by atoms with E-state index in [4.69, 9.17) is 31.7 Å². The number of benzene rings is 1. The summed E-state index contributed by atoms with van der Waals surface area (Å²) in [6.07, 6.45) is 0.817. The summed E-state index contributed by atoms with van der Waals surface area (Å²) in [4.78, 5) is 4.66. The highest BCUT2D eigenvalue weighted by Gasteiger charge is 2.22. The summed E-state index contributed by atoms with van der Waals surface area (Å²) in [6, 6.07) is 1.68. The Bertz CT molecular complexity index is 411. The molecule has 5 nitrogen and oxygen atoms in total.